The molecule has 0 aliphatic carbocycles. The zero-order chi connectivity index (χ0) is 19.3. The molecule has 0 radical (unpaired) electrons. The van der Waals surface area contributed by atoms with Gasteiger partial charge in [-0.3, -0.25) is 9.69 Å². The van der Waals surface area contributed by atoms with Gasteiger partial charge < -0.3 is 9.64 Å². The second kappa shape index (κ2) is 9.80. The highest BCUT2D eigenvalue weighted by Gasteiger charge is 2.24. The molecule has 4 rings (SSSR count). The Balaban J connectivity index is 1.21. The lowest BCUT2D eigenvalue weighted by molar-refractivity contribution is -0.131. The normalized spacial score (nSPS) is 19.2. The van der Waals surface area contributed by atoms with Crippen LogP contribution in [0.5, 0.6) is 0 Å². The van der Waals surface area contributed by atoms with Crippen molar-refractivity contribution >= 4 is 44.5 Å². The first kappa shape index (κ1) is 20.5. The molecule has 2 saturated heterocycles. The molecule has 0 spiro atoms. The Kier molecular flexibility index (Phi) is 7.17. The standard InChI is InChI=1S/C20H26BrN3O2S2/c21-16-11-18(27-13-16)20-22-17(14-28-20)12-19(25)24-5-2-15(3-6-24)1-4-23-7-9-26-10-8-23/h11,13-15H,1-10,12H2. The Morgan fingerprint density at radius 3 is 2.68 bits per heavy atom. The first-order valence-electron chi connectivity index (χ1n) is 9.94. The van der Waals surface area contributed by atoms with Gasteiger partial charge in [-0.1, -0.05) is 0 Å². The summed E-state index contributed by atoms with van der Waals surface area (Å²) in [6.07, 6.45) is 3.92. The number of likely N-dealkylation sites (tertiary alicyclic amines) is 1. The third-order valence-corrected chi connectivity index (χ3v) is 8.34. The van der Waals surface area contributed by atoms with Crippen LogP contribution in [0.2, 0.25) is 0 Å². The van der Waals surface area contributed by atoms with Gasteiger partial charge in [-0.2, -0.15) is 0 Å². The number of piperidine rings is 1. The molecule has 2 aromatic rings. The highest BCUT2D eigenvalue weighted by molar-refractivity contribution is 9.10. The minimum atomic E-state index is 0.218. The van der Waals surface area contributed by atoms with E-state index in [1.54, 1.807) is 22.7 Å². The largest absolute Gasteiger partial charge is 0.379 e. The lowest BCUT2D eigenvalue weighted by atomic mass is 9.93. The van der Waals surface area contributed by atoms with Crippen LogP contribution in [-0.2, 0) is 16.0 Å². The molecule has 4 heterocycles. The van der Waals surface area contributed by atoms with Gasteiger partial charge in [0.05, 0.1) is 30.2 Å². The zero-order valence-electron chi connectivity index (χ0n) is 15.9. The van der Waals surface area contributed by atoms with Crippen molar-refractivity contribution in [3.63, 3.8) is 0 Å². The van der Waals surface area contributed by atoms with Gasteiger partial charge in [0.1, 0.15) is 5.01 Å². The van der Waals surface area contributed by atoms with E-state index in [-0.39, 0.29) is 5.91 Å². The molecule has 28 heavy (non-hydrogen) atoms. The van der Waals surface area contributed by atoms with Gasteiger partial charge in [-0.05, 0) is 53.7 Å². The Morgan fingerprint density at radius 2 is 1.96 bits per heavy atom. The molecule has 1 amide bonds. The predicted molar refractivity (Wildman–Crippen MR) is 118 cm³/mol. The van der Waals surface area contributed by atoms with Crippen molar-refractivity contribution in [2.24, 2.45) is 5.92 Å². The van der Waals surface area contributed by atoms with Crippen LogP contribution in [0.1, 0.15) is 25.0 Å². The maximum Gasteiger partial charge on any atom is 0.228 e. The van der Waals surface area contributed by atoms with Gasteiger partial charge in [0.15, 0.2) is 0 Å². The number of nitrogens with zero attached hydrogens (tertiary/aromatic N) is 3. The highest BCUT2D eigenvalue weighted by atomic mass is 79.9. The number of morpholine rings is 1. The molecule has 152 valence electrons. The molecule has 5 nitrogen and oxygen atoms in total. The van der Waals surface area contributed by atoms with Gasteiger partial charge in [-0.15, -0.1) is 22.7 Å². The van der Waals surface area contributed by atoms with Crippen molar-refractivity contribution in [3.05, 3.63) is 27.0 Å². The van der Waals surface area contributed by atoms with Crippen molar-refractivity contribution in [1.29, 1.82) is 0 Å². The molecule has 2 aliphatic heterocycles. The number of rotatable bonds is 6. The summed E-state index contributed by atoms with van der Waals surface area (Å²) in [5.41, 5.74) is 0.893. The fourth-order valence-corrected chi connectivity index (χ4v) is 6.18. The van der Waals surface area contributed by atoms with E-state index in [2.05, 4.69) is 37.3 Å². The van der Waals surface area contributed by atoms with E-state index in [4.69, 9.17) is 4.74 Å². The summed E-state index contributed by atoms with van der Waals surface area (Å²) in [4.78, 5) is 23.1. The Morgan fingerprint density at radius 1 is 1.18 bits per heavy atom. The zero-order valence-corrected chi connectivity index (χ0v) is 19.2. The topological polar surface area (TPSA) is 45.7 Å². The van der Waals surface area contributed by atoms with Gasteiger partial charge >= 0.3 is 0 Å². The summed E-state index contributed by atoms with van der Waals surface area (Å²) in [7, 11) is 0. The van der Waals surface area contributed by atoms with E-state index < -0.39 is 0 Å². The summed E-state index contributed by atoms with van der Waals surface area (Å²) < 4.78 is 6.50. The molecule has 2 fully saturated rings. The van der Waals surface area contributed by atoms with E-state index >= 15 is 0 Å². The third-order valence-electron chi connectivity index (χ3n) is 5.59. The number of aromatic nitrogens is 1. The molecule has 0 N–H and O–H groups in total. The first-order chi connectivity index (χ1) is 13.7. The summed E-state index contributed by atoms with van der Waals surface area (Å²) in [6.45, 7) is 6.82. The fraction of sp³-hybridized carbons (Fsp3) is 0.600. The van der Waals surface area contributed by atoms with E-state index in [0.29, 0.717) is 6.42 Å². The quantitative estimate of drug-likeness (QED) is 0.619. The highest BCUT2D eigenvalue weighted by Crippen LogP contribution is 2.32. The number of amides is 1. The number of hydrogen-bond acceptors (Lipinski definition) is 6. The van der Waals surface area contributed by atoms with Crippen molar-refractivity contribution in [1.82, 2.24) is 14.8 Å². The maximum atomic E-state index is 12.7. The van der Waals surface area contributed by atoms with Crippen LogP contribution in [-0.4, -0.2) is 66.6 Å². The lowest BCUT2D eigenvalue weighted by Crippen LogP contribution is -2.41. The molecule has 0 bridgehead atoms. The molecule has 2 aromatic heterocycles. The average molecular weight is 484 g/mol. The number of carbonyl (C=O) groups is 1. The second-order valence-corrected chi connectivity index (χ2v) is 10.2. The van der Waals surface area contributed by atoms with E-state index in [9.17, 15) is 4.79 Å². The molecule has 0 aromatic carbocycles. The molecule has 0 unspecified atom stereocenters. The second-order valence-electron chi connectivity index (χ2n) is 7.52. The summed E-state index contributed by atoms with van der Waals surface area (Å²) in [6, 6.07) is 2.08. The fourth-order valence-electron chi connectivity index (χ4n) is 3.85. The van der Waals surface area contributed by atoms with Crippen LogP contribution in [0.4, 0.5) is 0 Å². The van der Waals surface area contributed by atoms with E-state index in [0.717, 1.165) is 78.2 Å². The SMILES string of the molecule is O=C(Cc1csc(-c2cc(Br)cs2)n1)N1CCC(CCN2CCOCC2)CC1. The number of hydrogen-bond donors (Lipinski definition) is 0. The van der Waals surface area contributed by atoms with Crippen molar-refractivity contribution in [2.75, 3.05) is 45.9 Å². The molecule has 0 atom stereocenters. The number of carbonyl (C=O) groups excluding carboxylic acids is 1. The summed E-state index contributed by atoms with van der Waals surface area (Å²) >= 11 is 6.78. The lowest BCUT2D eigenvalue weighted by Gasteiger charge is -2.34. The van der Waals surface area contributed by atoms with Crippen LogP contribution < -0.4 is 0 Å². The Hall–Kier alpha value is -0.800. The van der Waals surface area contributed by atoms with Gasteiger partial charge in [0.2, 0.25) is 5.91 Å². The van der Waals surface area contributed by atoms with E-state index in [1.165, 1.54) is 13.0 Å². The Bertz CT molecular complexity index is 780. The summed E-state index contributed by atoms with van der Waals surface area (Å²) in [5.74, 6) is 0.964. The maximum absolute atomic E-state index is 12.7. The first-order valence-corrected chi connectivity index (χ1v) is 12.5. The van der Waals surface area contributed by atoms with Crippen molar-refractivity contribution in [2.45, 2.75) is 25.7 Å². The molecular formula is C20H26BrN3O2S2. The monoisotopic (exact) mass is 483 g/mol. The smallest absolute Gasteiger partial charge is 0.228 e. The van der Waals surface area contributed by atoms with E-state index in [1.807, 2.05) is 10.3 Å². The van der Waals surface area contributed by atoms with Crippen LogP contribution in [0, 0.1) is 5.92 Å². The van der Waals surface area contributed by atoms with Gasteiger partial charge in [-0.25, -0.2) is 4.98 Å². The van der Waals surface area contributed by atoms with Crippen molar-refractivity contribution in [3.8, 4) is 9.88 Å². The van der Waals surface area contributed by atoms with Crippen LogP contribution in [0.15, 0.2) is 21.3 Å². The van der Waals surface area contributed by atoms with Crippen LogP contribution >= 0.6 is 38.6 Å². The minimum Gasteiger partial charge on any atom is -0.379 e. The predicted octanol–water partition coefficient (Wildman–Crippen LogP) is 4.14. The summed E-state index contributed by atoms with van der Waals surface area (Å²) in [5, 5.41) is 5.08. The number of ether oxygens (including phenoxy) is 1. The minimum absolute atomic E-state index is 0.218. The van der Waals surface area contributed by atoms with Crippen LogP contribution in [0.3, 0.4) is 0 Å². The Labute approximate surface area is 182 Å². The molecule has 2 aliphatic rings. The molecule has 0 saturated carbocycles. The van der Waals surface area contributed by atoms with Gasteiger partial charge in [0.25, 0.3) is 0 Å². The molecular weight excluding hydrogens is 458 g/mol. The van der Waals surface area contributed by atoms with Crippen molar-refractivity contribution < 1.29 is 9.53 Å². The average Bonchev–Trinajstić information content (AvgIpc) is 3.36. The molecule has 8 heteroatoms. The number of thiophene rings is 1. The number of thiazole rings is 1. The van der Waals surface area contributed by atoms with Gasteiger partial charge in [0, 0.05) is 41.4 Å². The third kappa shape index (κ3) is 5.42. The number of halogens is 1. The van der Waals surface area contributed by atoms with Crippen LogP contribution in [0.25, 0.3) is 9.88 Å².